The quantitative estimate of drug-likeness (QED) is 0.511. The maximum atomic E-state index is 11.0. The SMILES string of the molecule is CCCCCCC(COc1ccccc1)OP(=O)(O)O. The lowest BCUT2D eigenvalue weighted by atomic mass is 10.1. The maximum Gasteiger partial charge on any atom is 0.469 e. The molecule has 1 aromatic rings. The van der Waals surface area contributed by atoms with Crippen LogP contribution in [0.3, 0.4) is 0 Å². The van der Waals surface area contributed by atoms with Crippen LogP contribution in [0, 0.1) is 0 Å². The molecule has 6 heteroatoms. The fourth-order valence-corrected chi connectivity index (χ4v) is 2.42. The summed E-state index contributed by atoms with van der Waals surface area (Å²) in [5.74, 6) is 0.667. The van der Waals surface area contributed by atoms with E-state index in [0.717, 1.165) is 25.7 Å². The first kappa shape index (κ1) is 17.2. The van der Waals surface area contributed by atoms with E-state index in [9.17, 15) is 4.57 Å². The molecule has 0 aliphatic rings. The summed E-state index contributed by atoms with van der Waals surface area (Å²) >= 11 is 0. The third-order valence-electron chi connectivity index (χ3n) is 2.85. The van der Waals surface area contributed by atoms with Crippen molar-refractivity contribution in [2.75, 3.05) is 6.61 Å². The number of para-hydroxylation sites is 1. The van der Waals surface area contributed by atoms with Gasteiger partial charge in [-0.15, -0.1) is 0 Å². The zero-order chi connectivity index (χ0) is 14.8. The van der Waals surface area contributed by atoms with Gasteiger partial charge in [0.15, 0.2) is 0 Å². The van der Waals surface area contributed by atoms with Crippen molar-refractivity contribution in [3.05, 3.63) is 30.3 Å². The molecule has 0 aliphatic heterocycles. The van der Waals surface area contributed by atoms with E-state index in [1.807, 2.05) is 18.2 Å². The van der Waals surface area contributed by atoms with Gasteiger partial charge < -0.3 is 14.5 Å². The van der Waals surface area contributed by atoms with Crippen molar-refractivity contribution in [2.24, 2.45) is 0 Å². The van der Waals surface area contributed by atoms with Crippen molar-refractivity contribution in [3.63, 3.8) is 0 Å². The zero-order valence-electron chi connectivity index (χ0n) is 11.8. The monoisotopic (exact) mass is 302 g/mol. The van der Waals surface area contributed by atoms with Gasteiger partial charge in [0.2, 0.25) is 0 Å². The normalized spacial score (nSPS) is 13.2. The zero-order valence-corrected chi connectivity index (χ0v) is 12.7. The number of unbranched alkanes of at least 4 members (excludes halogenated alkanes) is 3. The summed E-state index contributed by atoms with van der Waals surface area (Å²) in [4.78, 5) is 17.8. The van der Waals surface area contributed by atoms with E-state index in [1.54, 1.807) is 12.1 Å². The van der Waals surface area contributed by atoms with Crippen molar-refractivity contribution in [1.29, 1.82) is 0 Å². The Morgan fingerprint density at radius 1 is 1.15 bits per heavy atom. The first-order valence-electron chi connectivity index (χ1n) is 6.93. The highest BCUT2D eigenvalue weighted by Gasteiger charge is 2.22. The summed E-state index contributed by atoms with van der Waals surface area (Å²) in [6.45, 7) is 2.25. The van der Waals surface area contributed by atoms with Gasteiger partial charge in [-0.2, -0.15) is 0 Å². The number of rotatable bonds is 10. The minimum Gasteiger partial charge on any atom is -0.491 e. The van der Waals surface area contributed by atoms with E-state index in [1.165, 1.54) is 0 Å². The second-order valence-electron chi connectivity index (χ2n) is 4.69. The molecule has 1 rings (SSSR count). The molecule has 0 bridgehead atoms. The molecule has 0 saturated heterocycles. The van der Waals surface area contributed by atoms with Gasteiger partial charge in [-0.3, -0.25) is 4.52 Å². The topological polar surface area (TPSA) is 76.0 Å². The van der Waals surface area contributed by atoms with Gasteiger partial charge in [0.1, 0.15) is 18.5 Å². The molecule has 0 amide bonds. The minimum atomic E-state index is -4.48. The molecule has 5 nitrogen and oxygen atoms in total. The van der Waals surface area contributed by atoms with Gasteiger partial charge in [0.25, 0.3) is 0 Å². The Balaban J connectivity index is 2.43. The highest BCUT2D eigenvalue weighted by molar-refractivity contribution is 7.46. The predicted octanol–water partition coefficient (Wildman–Crippen LogP) is 3.51. The Morgan fingerprint density at radius 3 is 2.45 bits per heavy atom. The van der Waals surface area contributed by atoms with Gasteiger partial charge >= 0.3 is 7.82 Å². The molecular weight excluding hydrogens is 279 g/mol. The fraction of sp³-hybridized carbons (Fsp3) is 0.571. The van der Waals surface area contributed by atoms with E-state index in [2.05, 4.69) is 6.92 Å². The van der Waals surface area contributed by atoms with E-state index >= 15 is 0 Å². The van der Waals surface area contributed by atoms with Crippen LogP contribution in [0.25, 0.3) is 0 Å². The lowest BCUT2D eigenvalue weighted by Gasteiger charge is -2.18. The molecule has 1 unspecified atom stereocenters. The molecule has 0 aliphatic carbocycles. The average Bonchev–Trinajstić information content (AvgIpc) is 2.40. The number of phosphoric ester groups is 1. The predicted molar refractivity (Wildman–Crippen MR) is 77.6 cm³/mol. The highest BCUT2D eigenvalue weighted by atomic mass is 31.2. The lowest BCUT2D eigenvalue weighted by Crippen LogP contribution is -2.20. The Bertz CT molecular complexity index is 403. The summed E-state index contributed by atoms with van der Waals surface area (Å²) in [5.41, 5.74) is 0. The van der Waals surface area contributed by atoms with Gasteiger partial charge in [-0.05, 0) is 18.6 Å². The van der Waals surface area contributed by atoms with Crippen molar-refractivity contribution in [3.8, 4) is 5.75 Å². The van der Waals surface area contributed by atoms with Crippen LogP contribution in [0.5, 0.6) is 5.75 Å². The second kappa shape index (κ2) is 9.14. The van der Waals surface area contributed by atoms with Crippen LogP contribution in [0.1, 0.15) is 39.0 Å². The van der Waals surface area contributed by atoms with Crippen molar-refractivity contribution >= 4 is 7.82 Å². The number of benzene rings is 1. The molecule has 0 radical (unpaired) electrons. The third-order valence-corrected chi connectivity index (χ3v) is 3.42. The fourth-order valence-electron chi connectivity index (χ4n) is 1.87. The molecule has 0 spiro atoms. The second-order valence-corrected chi connectivity index (χ2v) is 5.88. The van der Waals surface area contributed by atoms with Gasteiger partial charge in [0.05, 0.1) is 0 Å². The molecular formula is C14H23O5P. The van der Waals surface area contributed by atoms with Gasteiger partial charge in [-0.25, -0.2) is 4.57 Å². The summed E-state index contributed by atoms with van der Waals surface area (Å²) in [7, 11) is -4.48. The van der Waals surface area contributed by atoms with Crippen LogP contribution >= 0.6 is 7.82 Å². The molecule has 20 heavy (non-hydrogen) atoms. The van der Waals surface area contributed by atoms with Crippen LogP contribution in [0.2, 0.25) is 0 Å². The smallest absolute Gasteiger partial charge is 0.469 e. The standard InChI is InChI=1S/C14H23O5P/c1-2-3-4-6-11-14(19-20(15,16)17)12-18-13-9-7-5-8-10-13/h5,7-10,14H,2-4,6,11-12H2,1H3,(H2,15,16,17). The minimum absolute atomic E-state index is 0.140. The molecule has 2 N–H and O–H groups in total. The Labute approximate surface area is 120 Å². The van der Waals surface area contributed by atoms with E-state index in [4.69, 9.17) is 19.0 Å². The Kier molecular flexibility index (Phi) is 7.85. The first-order valence-corrected chi connectivity index (χ1v) is 8.46. The van der Waals surface area contributed by atoms with Gasteiger partial charge in [0, 0.05) is 0 Å². The van der Waals surface area contributed by atoms with Crippen LogP contribution < -0.4 is 4.74 Å². The molecule has 0 saturated carbocycles. The molecule has 114 valence electrons. The van der Waals surface area contributed by atoms with Crippen LogP contribution in [-0.4, -0.2) is 22.5 Å². The number of phosphoric acid groups is 1. The largest absolute Gasteiger partial charge is 0.491 e. The third kappa shape index (κ3) is 8.33. The van der Waals surface area contributed by atoms with Crippen molar-refractivity contribution in [1.82, 2.24) is 0 Å². The summed E-state index contributed by atoms with van der Waals surface area (Å²) in [5, 5.41) is 0. The lowest BCUT2D eigenvalue weighted by molar-refractivity contribution is 0.0819. The van der Waals surface area contributed by atoms with Crippen LogP contribution in [0.4, 0.5) is 0 Å². The van der Waals surface area contributed by atoms with Crippen molar-refractivity contribution < 1.29 is 23.6 Å². The molecule has 0 heterocycles. The Hall–Kier alpha value is -0.870. The summed E-state index contributed by atoms with van der Waals surface area (Å²) in [6, 6.07) is 9.16. The number of ether oxygens (including phenoxy) is 1. The molecule has 1 aromatic carbocycles. The number of hydrogen-bond acceptors (Lipinski definition) is 3. The van der Waals surface area contributed by atoms with Crippen LogP contribution in [-0.2, 0) is 9.09 Å². The summed E-state index contributed by atoms with van der Waals surface area (Å²) < 4.78 is 21.2. The first-order chi connectivity index (χ1) is 9.51. The highest BCUT2D eigenvalue weighted by Crippen LogP contribution is 2.38. The van der Waals surface area contributed by atoms with Crippen LogP contribution in [0.15, 0.2) is 30.3 Å². The van der Waals surface area contributed by atoms with E-state index in [0.29, 0.717) is 12.2 Å². The summed E-state index contributed by atoms with van der Waals surface area (Å²) in [6.07, 6.45) is 4.12. The van der Waals surface area contributed by atoms with E-state index in [-0.39, 0.29) is 6.61 Å². The maximum absolute atomic E-state index is 11.0. The average molecular weight is 302 g/mol. The number of hydrogen-bond donors (Lipinski definition) is 2. The molecule has 0 fully saturated rings. The molecule has 1 atom stereocenters. The van der Waals surface area contributed by atoms with Gasteiger partial charge in [-0.1, -0.05) is 50.8 Å². The van der Waals surface area contributed by atoms with E-state index < -0.39 is 13.9 Å². The van der Waals surface area contributed by atoms with Crippen molar-refractivity contribution in [2.45, 2.75) is 45.1 Å². The Morgan fingerprint density at radius 2 is 1.85 bits per heavy atom. The molecule has 0 aromatic heterocycles.